The van der Waals surface area contributed by atoms with Crippen LogP contribution in [0.25, 0.3) is 0 Å². The van der Waals surface area contributed by atoms with E-state index in [1.165, 1.54) is 30.5 Å². The molecule has 1 aliphatic rings. The molecule has 0 aliphatic carbocycles. The number of aromatic amines is 1. The van der Waals surface area contributed by atoms with Crippen molar-refractivity contribution in [3.63, 3.8) is 0 Å². The number of rotatable bonds is 3. The highest BCUT2D eigenvalue weighted by atomic mass is 32.2. The van der Waals surface area contributed by atoms with Gasteiger partial charge in [-0.1, -0.05) is 0 Å². The number of hydrogen-bond donors (Lipinski definition) is 3. The maximum atomic E-state index is 12.0. The third kappa shape index (κ3) is 2.60. The van der Waals surface area contributed by atoms with E-state index >= 15 is 0 Å². The Balaban J connectivity index is 1.87. The summed E-state index contributed by atoms with van der Waals surface area (Å²) in [4.78, 5) is 12.0. The summed E-state index contributed by atoms with van der Waals surface area (Å²) in [6, 6.07) is 5.39. The van der Waals surface area contributed by atoms with Gasteiger partial charge in [0, 0.05) is 11.8 Å². The van der Waals surface area contributed by atoms with Crippen molar-refractivity contribution in [2.75, 3.05) is 6.61 Å². The number of nitrogens with one attached hydrogen (secondary N) is 2. The molecule has 0 saturated heterocycles. The lowest BCUT2D eigenvalue weighted by Crippen LogP contribution is -2.29. The fourth-order valence-electron chi connectivity index (χ4n) is 2.11. The van der Waals surface area contributed by atoms with Gasteiger partial charge in [0.25, 0.3) is 5.91 Å². The van der Waals surface area contributed by atoms with Crippen LogP contribution in [0.4, 0.5) is 0 Å². The van der Waals surface area contributed by atoms with Crippen molar-refractivity contribution in [3.8, 4) is 5.75 Å². The van der Waals surface area contributed by atoms with Gasteiger partial charge in [0.1, 0.15) is 18.1 Å². The Morgan fingerprint density at radius 1 is 1.43 bits per heavy atom. The molecule has 8 nitrogen and oxygen atoms in total. The van der Waals surface area contributed by atoms with Gasteiger partial charge in [-0.15, -0.1) is 0 Å². The third-order valence-electron chi connectivity index (χ3n) is 3.14. The first-order chi connectivity index (χ1) is 9.95. The van der Waals surface area contributed by atoms with Crippen molar-refractivity contribution in [1.82, 2.24) is 15.5 Å². The number of hydrogen-bond acceptors (Lipinski definition) is 5. The van der Waals surface area contributed by atoms with Gasteiger partial charge >= 0.3 is 0 Å². The average molecular weight is 308 g/mol. The zero-order valence-corrected chi connectivity index (χ0v) is 11.6. The number of nitrogens with two attached hydrogens (primary N) is 1. The Morgan fingerprint density at radius 3 is 2.90 bits per heavy atom. The maximum Gasteiger partial charge on any atom is 0.269 e. The summed E-state index contributed by atoms with van der Waals surface area (Å²) in [7, 11) is -3.80. The van der Waals surface area contributed by atoms with E-state index in [4.69, 9.17) is 9.88 Å². The standard InChI is InChI=1S/C12H12N4O4S/c13-21(18,19)7-1-2-11-8(5-7)10(6-20-11)15-12(17)9-3-4-14-16-9/h1-5,10H,6H2,(H,14,16)(H,15,17)(H2,13,18,19). The maximum absolute atomic E-state index is 12.0. The van der Waals surface area contributed by atoms with Gasteiger partial charge in [0.15, 0.2) is 0 Å². The van der Waals surface area contributed by atoms with Crippen LogP contribution in [0, 0.1) is 0 Å². The highest BCUT2D eigenvalue weighted by Crippen LogP contribution is 2.33. The predicted molar refractivity (Wildman–Crippen MR) is 72.1 cm³/mol. The Labute approximate surface area is 120 Å². The molecular weight excluding hydrogens is 296 g/mol. The topological polar surface area (TPSA) is 127 Å². The largest absolute Gasteiger partial charge is 0.491 e. The normalized spacial score (nSPS) is 17.1. The Morgan fingerprint density at radius 2 is 2.24 bits per heavy atom. The smallest absolute Gasteiger partial charge is 0.269 e. The van der Waals surface area contributed by atoms with Gasteiger partial charge in [-0.25, -0.2) is 13.6 Å². The van der Waals surface area contributed by atoms with Crippen LogP contribution in [0.3, 0.4) is 0 Å². The quantitative estimate of drug-likeness (QED) is 0.731. The number of carbonyl (C=O) groups is 1. The summed E-state index contributed by atoms with van der Waals surface area (Å²) in [5.74, 6) is 0.173. The van der Waals surface area contributed by atoms with Crippen LogP contribution < -0.4 is 15.2 Å². The number of H-pyrrole nitrogens is 1. The van der Waals surface area contributed by atoms with Crippen molar-refractivity contribution in [1.29, 1.82) is 0 Å². The summed E-state index contributed by atoms with van der Waals surface area (Å²) in [6.45, 7) is 0.225. The van der Waals surface area contributed by atoms with Gasteiger partial charge < -0.3 is 10.1 Å². The van der Waals surface area contributed by atoms with E-state index in [2.05, 4.69) is 15.5 Å². The minimum atomic E-state index is -3.80. The summed E-state index contributed by atoms with van der Waals surface area (Å²) in [5.41, 5.74) is 0.889. The highest BCUT2D eigenvalue weighted by Gasteiger charge is 2.27. The van der Waals surface area contributed by atoms with Gasteiger partial charge in [0.2, 0.25) is 10.0 Å². The van der Waals surface area contributed by atoms with E-state index in [-0.39, 0.29) is 17.4 Å². The molecule has 2 heterocycles. The molecule has 1 amide bonds. The molecule has 1 unspecified atom stereocenters. The molecule has 21 heavy (non-hydrogen) atoms. The third-order valence-corrected chi connectivity index (χ3v) is 4.05. The fourth-order valence-corrected chi connectivity index (χ4v) is 2.66. The van der Waals surface area contributed by atoms with Gasteiger partial charge in [-0.05, 0) is 24.3 Å². The summed E-state index contributed by atoms with van der Waals surface area (Å²) in [6.07, 6.45) is 1.47. The first-order valence-electron chi connectivity index (χ1n) is 6.05. The number of carbonyl (C=O) groups excluding carboxylic acids is 1. The first kappa shape index (κ1) is 13.6. The van der Waals surface area contributed by atoms with Crippen molar-refractivity contribution >= 4 is 15.9 Å². The van der Waals surface area contributed by atoms with Crippen molar-refractivity contribution in [2.24, 2.45) is 5.14 Å². The molecule has 1 aliphatic heterocycles. The molecule has 9 heteroatoms. The second-order valence-corrected chi connectivity index (χ2v) is 6.11. The first-order valence-corrected chi connectivity index (χ1v) is 7.59. The number of benzene rings is 1. The number of primary sulfonamides is 1. The number of ether oxygens (including phenoxy) is 1. The molecule has 1 aromatic heterocycles. The Hall–Kier alpha value is -2.39. The second kappa shape index (κ2) is 4.86. The Kier molecular flexibility index (Phi) is 3.15. The van der Waals surface area contributed by atoms with Crippen LogP contribution in [0.1, 0.15) is 22.1 Å². The number of fused-ring (bicyclic) bond motifs is 1. The van der Waals surface area contributed by atoms with E-state index < -0.39 is 16.1 Å². The molecule has 3 rings (SSSR count). The van der Waals surface area contributed by atoms with Crippen LogP contribution >= 0.6 is 0 Å². The van der Waals surface area contributed by atoms with Gasteiger partial charge in [-0.2, -0.15) is 5.10 Å². The Bertz CT molecular complexity index is 786. The van der Waals surface area contributed by atoms with Crippen LogP contribution in [0.15, 0.2) is 35.4 Å². The number of sulfonamides is 1. The van der Waals surface area contributed by atoms with Crippen LogP contribution in [-0.2, 0) is 10.0 Å². The van der Waals surface area contributed by atoms with E-state index in [1.807, 2.05) is 0 Å². The fraction of sp³-hybridized carbons (Fsp3) is 0.167. The number of nitrogens with zero attached hydrogens (tertiary/aromatic N) is 1. The monoisotopic (exact) mass is 308 g/mol. The van der Waals surface area contributed by atoms with E-state index in [0.29, 0.717) is 17.0 Å². The van der Waals surface area contributed by atoms with Crippen LogP contribution in [-0.4, -0.2) is 31.1 Å². The SMILES string of the molecule is NS(=O)(=O)c1ccc2c(c1)C(NC(=O)c1ccn[nH]1)CO2. The van der Waals surface area contributed by atoms with Crippen molar-refractivity contribution in [2.45, 2.75) is 10.9 Å². The lowest BCUT2D eigenvalue weighted by Gasteiger charge is -2.11. The molecule has 0 radical (unpaired) electrons. The molecule has 2 aromatic rings. The highest BCUT2D eigenvalue weighted by molar-refractivity contribution is 7.89. The van der Waals surface area contributed by atoms with Gasteiger partial charge in [-0.3, -0.25) is 9.89 Å². The molecule has 4 N–H and O–H groups in total. The number of aromatic nitrogens is 2. The zero-order valence-electron chi connectivity index (χ0n) is 10.7. The van der Waals surface area contributed by atoms with Crippen molar-refractivity contribution in [3.05, 3.63) is 41.7 Å². The molecule has 1 aromatic carbocycles. The molecule has 1 atom stereocenters. The predicted octanol–water partition coefficient (Wildman–Crippen LogP) is -0.0794. The lowest BCUT2D eigenvalue weighted by molar-refractivity contribution is 0.0925. The minimum absolute atomic E-state index is 0.0208. The molecule has 110 valence electrons. The van der Waals surface area contributed by atoms with Gasteiger partial charge in [0.05, 0.1) is 10.9 Å². The van der Waals surface area contributed by atoms with E-state index in [9.17, 15) is 13.2 Å². The summed E-state index contributed by atoms with van der Waals surface area (Å²) >= 11 is 0. The van der Waals surface area contributed by atoms with Crippen LogP contribution in [0.2, 0.25) is 0 Å². The molecule has 0 spiro atoms. The lowest BCUT2D eigenvalue weighted by atomic mass is 10.1. The minimum Gasteiger partial charge on any atom is -0.491 e. The average Bonchev–Trinajstić information content (AvgIpc) is 3.07. The molecule has 0 fully saturated rings. The number of amides is 1. The summed E-state index contributed by atoms with van der Waals surface area (Å²) in [5, 5.41) is 14.1. The van der Waals surface area contributed by atoms with Crippen LogP contribution in [0.5, 0.6) is 5.75 Å². The zero-order chi connectivity index (χ0) is 15.0. The summed E-state index contributed by atoms with van der Waals surface area (Å²) < 4.78 is 28.2. The van der Waals surface area contributed by atoms with Crippen molar-refractivity contribution < 1.29 is 17.9 Å². The van der Waals surface area contributed by atoms with E-state index in [0.717, 1.165) is 0 Å². The second-order valence-electron chi connectivity index (χ2n) is 4.55. The molecular formula is C12H12N4O4S. The molecule has 0 bridgehead atoms. The van der Waals surface area contributed by atoms with E-state index in [1.54, 1.807) is 0 Å². The molecule has 0 saturated carbocycles.